The van der Waals surface area contributed by atoms with Crippen molar-refractivity contribution < 1.29 is 5.11 Å². The van der Waals surface area contributed by atoms with Crippen LogP contribution in [0.3, 0.4) is 0 Å². The van der Waals surface area contributed by atoms with Crippen molar-refractivity contribution in [3.8, 4) is 5.69 Å². The third kappa shape index (κ3) is 3.18. The minimum absolute atomic E-state index is 0.661. The van der Waals surface area contributed by atoms with E-state index in [4.69, 9.17) is 0 Å². The number of β-amino-alcohol motifs (C(OH)–C–C–N with tert-alkyl or cyclic N) is 1. The number of likely N-dealkylation sites (tertiary alicyclic amines) is 1. The summed E-state index contributed by atoms with van der Waals surface area (Å²) in [6, 6.07) is 18.3. The van der Waals surface area contributed by atoms with Gasteiger partial charge in [-0.1, -0.05) is 42.5 Å². The molecule has 0 aliphatic carbocycles. The lowest BCUT2D eigenvalue weighted by atomic mass is 9.89. The summed E-state index contributed by atoms with van der Waals surface area (Å²) in [6.45, 7) is 6.49. The third-order valence-corrected chi connectivity index (χ3v) is 5.39. The van der Waals surface area contributed by atoms with Crippen LogP contribution >= 0.6 is 0 Å². The number of hydrogen-bond donors (Lipinski definition) is 1. The fraction of sp³-hybridized carbons (Fsp3) is 0.318. The molecule has 3 aromatic rings. The summed E-state index contributed by atoms with van der Waals surface area (Å²) in [6.07, 6.45) is 2.87. The Hall–Kier alpha value is -2.43. The number of rotatable bonds is 4. The second-order valence-electron chi connectivity index (χ2n) is 7.33. The lowest BCUT2D eigenvalue weighted by Gasteiger charge is -2.25. The molecule has 1 aromatic heterocycles. The summed E-state index contributed by atoms with van der Waals surface area (Å²) in [5.41, 5.74) is 4.78. The summed E-state index contributed by atoms with van der Waals surface area (Å²) in [7, 11) is 0. The fourth-order valence-corrected chi connectivity index (χ4v) is 3.93. The van der Waals surface area contributed by atoms with Gasteiger partial charge in [-0.2, -0.15) is 5.10 Å². The monoisotopic (exact) mass is 347 g/mol. The van der Waals surface area contributed by atoms with Crippen molar-refractivity contribution in [3.05, 3.63) is 83.2 Å². The minimum Gasteiger partial charge on any atom is -0.384 e. The number of aryl methyl sites for hydroxylation is 2. The summed E-state index contributed by atoms with van der Waals surface area (Å²) < 4.78 is 1.94. The molecule has 0 spiro atoms. The molecule has 0 unspecified atom stereocenters. The van der Waals surface area contributed by atoms with Crippen LogP contribution in [-0.4, -0.2) is 32.9 Å². The van der Waals surface area contributed by atoms with Crippen molar-refractivity contribution in [1.29, 1.82) is 0 Å². The minimum atomic E-state index is -0.755. The zero-order valence-corrected chi connectivity index (χ0v) is 15.4. The number of benzene rings is 2. The van der Waals surface area contributed by atoms with Crippen molar-refractivity contribution in [1.82, 2.24) is 14.7 Å². The second kappa shape index (κ2) is 6.71. The highest BCUT2D eigenvalue weighted by Crippen LogP contribution is 2.34. The largest absolute Gasteiger partial charge is 0.384 e. The Morgan fingerprint density at radius 1 is 1.04 bits per heavy atom. The molecule has 0 amide bonds. The smallest absolute Gasteiger partial charge is 0.104 e. The van der Waals surface area contributed by atoms with Gasteiger partial charge in [-0.05, 0) is 43.5 Å². The van der Waals surface area contributed by atoms with Crippen LogP contribution in [0.1, 0.15) is 28.8 Å². The summed E-state index contributed by atoms with van der Waals surface area (Å²) >= 11 is 0. The number of hydrogen-bond acceptors (Lipinski definition) is 3. The Kier molecular flexibility index (Phi) is 4.39. The van der Waals surface area contributed by atoms with E-state index >= 15 is 0 Å². The van der Waals surface area contributed by atoms with Crippen LogP contribution in [-0.2, 0) is 12.1 Å². The van der Waals surface area contributed by atoms with Crippen molar-refractivity contribution in [3.63, 3.8) is 0 Å². The van der Waals surface area contributed by atoms with E-state index in [1.54, 1.807) is 0 Å². The predicted octanol–water partition coefficient (Wildman–Crippen LogP) is 3.58. The van der Waals surface area contributed by atoms with Crippen LogP contribution in [0.4, 0.5) is 0 Å². The van der Waals surface area contributed by atoms with E-state index in [2.05, 4.69) is 54.3 Å². The first-order valence-corrected chi connectivity index (χ1v) is 9.17. The highest BCUT2D eigenvalue weighted by atomic mass is 16.3. The first-order valence-electron chi connectivity index (χ1n) is 9.17. The Morgan fingerprint density at radius 3 is 2.54 bits per heavy atom. The molecule has 4 nitrogen and oxygen atoms in total. The SMILES string of the molecule is Cc1ccccc1[C@@]1(O)CCN(Cc2cn(-c3ccccc3)nc2C)C1. The van der Waals surface area contributed by atoms with E-state index in [9.17, 15) is 5.11 Å². The molecule has 1 atom stereocenters. The molecule has 134 valence electrons. The van der Waals surface area contributed by atoms with E-state index < -0.39 is 5.60 Å². The van der Waals surface area contributed by atoms with Crippen LogP contribution < -0.4 is 0 Å². The van der Waals surface area contributed by atoms with E-state index in [1.807, 2.05) is 35.0 Å². The number of aliphatic hydroxyl groups is 1. The topological polar surface area (TPSA) is 41.3 Å². The van der Waals surface area contributed by atoms with Crippen LogP contribution in [0.15, 0.2) is 60.8 Å². The lowest BCUT2D eigenvalue weighted by molar-refractivity contribution is 0.0446. The van der Waals surface area contributed by atoms with Gasteiger partial charge in [0, 0.05) is 31.4 Å². The van der Waals surface area contributed by atoms with Crippen LogP contribution in [0.5, 0.6) is 0 Å². The zero-order valence-electron chi connectivity index (χ0n) is 15.4. The molecule has 1 aliphatic heterocycles. The van der Waals surface area contributed by atoms with Gasteiger partial charge < -0.3 is 5.11 Å². The molecular formula is C22H25N3O. The molecule has 0 bridgehead atoms. The number of para-hydroxylation sites is 1. The Balaban J connectivity index is 1.51. The summed E-state index contributed by atoms with van der Waals surface area (Å²) in [5.74, 6) is 0. The van der Waals surface area contributed by atoms with Gasteiger partial charge in [-0.15, -0.1) is 0 Å². The standard InChI is InChI=1S/C22H25N3O/c1-17-8-6-7-11-21(17)22(26)12-13-24(16-22)14-19-15-25(23-18(19)2)20-9-4-3-5-10-20/h3-11,15,26H,12-14,16H2,1-2H3/t22-/m1/s1. The van der Waals surface area contributed by atoms with Crippen LogP contribution in [0.2, 0.25) is 0 Å². The van der Waals surface area contributed by atoms with E-state index in [1.165, 1.54) is 5.56 Å². The maximum atomic E-state index is 11.2. The summed E-state index contributed by atoms with van der Waals surface area (Å²) in [5, 5.41) is 15.8. The maximum Gasteiger partial charge on any atom is 0.104 e. The summed E-state index contributed by atoms with van der Waals surface area (Å²) in [4.78, 5) is 2.33. The van der Waals surface area contributed by atoms with E-state index in [0.29, 0.717) is 6.54 Å². The predicted molar refractivity (Wildman–Crippen MR) is 103 cm³/mol. The highest BCUT2D eigenvalue weighted by molar-refractivity contribution is 5.34. The molecule has 4 rings (SSSR count). The molecule has 1 saturated heterocycles. The highest BCUT2D eigenvalue weighted by Gasteiger charge is 2.38. The van der Waals surface area contributed by atoms with Gasteiger partial charge in [0.1, 0.15) is 5.60 Å². The van der Waals surface area contributed by atoms with Gasteiger partial charge >= 0.3 is 0 Å². The van der Waals surface area contributed by atoms with E-state index in [-0.39, 0.29) is 0 Å². The second-order valence-corrected chi connectivity index (χ2v) is 7.33. The quantitative estimate of drug-likeness (QED) is 0.784. The normalized spacial score (nSPS) is 20.6. The molecule has 1 aliphatic rings. The number of nitrogens with zero attached hydrogens (tertiary/aromatic N) is 3. The molecule has 1 N–H and O–H groups in total. The number of aromatic nitrogens is 2. The Bertz CT molecular complexity index is 903. The Labute approximate surface area is 154 Å². The average Bonchev–Trinajstić information content (AvgIpc) is 3.20. The van der Waals surface area contributed by atoms with Gasteiger partial charge in [0.2, 0.25) is 0 Å². The van der Waals surface area contributed by atoms with Gasteiger partial charge in [0.25, 0.3) is 0 Å². The lowest BCUT2D eigenvalue weighted by Crippen LogP contribution is -2.31. The van der Waals surface area contributed by atoms with Gasteiger partial charge in [-0.3, -0.25) is 4.90 Å². The molecule has 4 heteroatoms. The first-order chi connectivity index (χ1) is 12.5. The van der Waals surface area contributed by atoms with Crippen molar-refractivity contribution >= 4 is 0 Å². The van der Waals surface area contributed by atoms with Crippen molar-refractivity contribution in [2.75, 3.05) is 13.1 Å². The van der Waals surface area contributed by atoms with Crippen LogP contribution in [0.25, 0.3) is 5.69 Å². The Morgan fingerprint density at radius 2 is 1.77 bits per heavy atom. The fourth-order valence-electron chi connectivity index (χ4n) is 3.93. The van der Waals surface area contributed by atoms with Crippen molar-refractivity contribution in [2.24, 2.45) is 0 Å². The molecule has 2 aromatic carbocycles. The molecular weight excluding hydrogens is 322 g/mol. The first kappa shape index (κ1) is 17.0. The zero-order chi connectivity index (χ0) is 18.1. The molecule has 0 radical (unpaired) electrons. The van der Waals surface area contributed by atoms with Crippen molar-refractivity contribution in [2.45, 2.75) is 32.4 Å². The molecule has 0 saturated carbocycles. The molecule has 26 heavy (non-hydrogen) atoms. The van der Waals surface area contributed by atoms with Crippen LogP contribution in [0, 0.1) is 13.8 Å². The van der Waals surface area contributed by atoms with Gasteiger partial charge in [-0.25, -0.2) is 4.68 Å². The van der Waals surface area contributed by atoms with E-state index in [0.717, 1.165) is 42.0 Å². The molecule has 1 fully saturated rings. The molecule has 2 heterocycles. The maximum absolute atomic E-state index is 11.2. The average molecular weight is 347 g/mol. The third-order valence-electron chi connectivity index (χ3n) is 5.39. The van der Waals surface area contributed by atoms with Gasteiger partial charge in [0.05, 0.1) is 11.4 Å². The van der Waals surface area contributed by atoms with Gasteiger partial charge in [0.15, 0.2) is 0 Å².